The Morgan fingerprint density at radius 1 is 0.424 bits per heavy atom. The molecular weight excluding hydrogens is 1970 g/mol. The van der Waals surface area contributed by atoms with Crippen molar-refractivity contribution in [3.8, 4) is 39.5 Å². The minimum atomic E-state index is -8.02. The fourth-order valence-corrected chi connectivity index (χ4v) is 24.0. The van der Waals surface area contributed by atoms with E-state index < -0.39 is 61.6 Å². The average Bonchev–Trinajstić information content (AvgIpc) is 0.727. The summed E-state index contributed by atoms with van der Waals surface area (Å²) < 4.78 is 201. The second kappa shape index (κ2) is 53.1. The van der Waals surface area contributed by atoms with Crippen molar-refractivity contribution >= 4 is 83.2 Å². The Kier molecular flexibility index (Phi) is 41.9. The Balaban J connectivity index is 0.000000185. The number of nitrogens with one attached hydrogen (secondary N) is 1. The molecule has 0 fully saturated rings. The molecule has 13 aromatic rings. The number of aromatic nitrogens is 3. The fourth-order valence-electron chi connectivity index (χ4n) is 15.4. The molecule has 15 rings (SSSR count). The average molecular weight is 2080 g/mol. The summed E-state index contributed by atoms with van der Waals surface area (Å²) in [6.07, 6.45) is 6.15. The number of ether oxygens (including phenoxy) is 6. The van der Waals surface area contributed by atoms with Crippen LogP contribution in [0.15, 0.2) is 346 Å². The molecule has 144 heavy (non-hydrogen) atoms. The topological polar surface area (TPSA) is 282 Å². The highest BCUT2D eigenvalue weighted by molar-refractivity contribution is 8.29. The molecule has 12 aromatic carbocycles. The lowest BCUT2D eigenvalue weighted by Gasteiger charge is -2.33. The van der Waals surface area contributed by atoms with Gasteiger partial charge in [-0.3, -0.25) is 49.8 Å². The van der Waals surface area contributed by atoms with Crippen LogP contribution >= 0.6 is 11.8 Å². The van der Waals surface area contributed by atoms with E-state index in [0.717, 1.165) is 34.3 Å². The highest BCUT2D eigenvalue weighted by Gasteiger charge is 2.63. The molecule has 0 aliphatic carbocycles. The first-order valence-corrected chi connectivity index (χ1v) is 51.5. The standard InChI is InChI=1S/C36H27S2.C29H28O3.C16H23N2.C15H30N6O6.C6H5B.C4F9O6S3/c1-4-10-28(11-5-1)30-16-20-32(21-17-30)37-33-22-26-36(27-23-33)38(34-14-8-3-9-15-34)35-24-18-31(19-25-35)29-12-6-2-7-13-29;1-28(2,21-8-14-25(30)15-9-21)20-4-6-22(7-5-20)29(3,23-10-16-26(31)17-11-23)24-12-18-27(32)19-13-24;1-3-8-15(9-4-1)14-18-13-7-12-17-11-6-2-5-10-16(17)18;1-22-7-16-13(27-6)12-17-14(20(8-23-2)9-24-3)19-15(18-12)21(10-25-4)11-26-5;7-6-4-2-1-3-5-6;5-2(6,7)20(14,15)1(21(16,17)3(8,9)10)22(18,19)4(11,12)13/h1-27H;4-19,30-32H,1-3H3;1,3-4,8-9H,2,5-7,10-14H2;13,16H,7-11H2,1-6H3;1-5H;/q+1;;+1;;2*-1. The molecular formula is C106H113BF9N8O15S5. The number of nitrogens with zero attached hydrogens (tertiary/aromatic N) is 7. The van der Waals surface area contributed by atoms with Gasteiger partial charge in [-0.05, 0) is 191 Å². The van der Waals surface area contributed by atoms with E-state index in [1.165, 1.54) is 110 Å². The van der Waals surface area contributed by atoms with Gasteiger partial charge in [0.05, 0.1) is 41.2 Å². The lowest BCUT2D eigenvalue weighted by atomic mass is 9.70. The third-order valence-electron chi connectivity index (χ3n) is 22.8. The van der Waals surface area contributed by atoms with Gasteiger partial charge in [0.15, 0.2) is 56.3 Å². The number of anilines is 2. The number of alkyl halides is 9. The van der Waals surface area contributed by atoms with Gasteiger partial charge in [-0.1, -0.05) is 226 Å². The van der Waals surface area contributed by atoms with Gasteiger partial charge in [0.25, 0.3) is 0 Å². The van der Waals surface area contributed by atoms with Crippen LogP contribution in [0.3, 0.4) is 0 Å². The first-order chi connectivity index (χ1) is 68.6. The van der Waals surface area contributed by atoms with E-state index in [-0.39, 0.29) is 67.2 Å². The van der Waals surface area contributed by atoms with Crippen molar-refractivity contribution in [2.75, 3.05) is 106 Å². The summed E-state index contributed by atoms with van der Waals surface area (Å²) in [6, 6.07) is 110. The SMILES string of the molecule is CC(C)(c1ccc(O)cc1)c1ccc(C(C)(c2ccc(O)cc2)c2ccc(O)cc2)cc1.COCNC(OC)c1nc(N(COC)COC)nc(N(COC)COC)n1.O=S(=O)([C-](S(=O)(=O)C(F)(F)F)S(=O)(=O)C(F)(F)F)C(F)(F)F.[B-]c1ccccc1.c1ccc(-c2ccc(Sc3ccc([S+](c4ccccc4)c4ccc(-c5ccccc5)cc4)cc3)cc2)cc1.c1ccc(CN2CCC[N+]3=C2CCCCC3)cc1. The maximum atomic E-state index is 12.0. The van der Waals surface area contributed by atoms with Gasteiger partial charge in [0, 0.05) is 76.1 Å². The molecule has 4 N–H and O–H groups in total. The van der Waals surface area contributed by atoms with E-state index in [2.05, 4.69) is 269 Å². The van der Waals surface area contributed by atoms with Gasteiger partial charge in [-0.25, -0.2) is 0 Å². The summed E-state index contributed by atoms with van der Waals surface area (Å²) in [4.78, 5) is 26.0. The van der Waals surface area contributed by atoms with Crippen molar-refractivity contribution in [3.63, 3.8) is 0 Å². The molecule has 1 aromatic heterocycles. The number of halogens is 9. The zero-order valence-electron chi connectivity index (χ0n) is 80.5. The van der Waals surface area contributed by atoms with E-state index in [4.69, 9.17) is 36.3 Å². The third-order valence-corrected chi connectivity index (χ3v) is 33.2. The first kappa shape index (κ1) is 114. The minimum absolute atomic E-state index is 0.168. The number of rotatable bonds is 32. The van der Waals surface area contributed by atoms with E-state index in [0.29, 0.717) is 17.7 Å². The van der Waals surface area contributed by atoms with E-state index >= 15 is 0 Å². The molecule has 0 saturated carbocycles. The summed E-state index contributed by atoms with van der Waals surface area (Å²) in [5.41, 5.74) is -9.11. The van der Waals surface area contributed by atoms with Crippen LogP contribution in [0.2, 0.25) is 0 Å². The normalized spacial score (nSPS) is 13.5. The predicted octanol–water partition coefficient (Wildman–Crippen LogP) is 21.1. The minimum Gasteiger partial charge on any atom is -0.580 e. The van der Waals surface area contributed by atoms with Crippen molar-refractivity contribution in [1.82, 2.24) is 25.2 Å². The maximum Gasteiger partial charge on any atom is 0.470 e. The number of phenolic OH excluding ortho intramolecular Hbond substituents is 3. The maximum absolute atomic E-state index is 12.0. The molecule has 0 saturated heterocycles. The second-order valence-corrected chi connectivity index (χ2v) is 42.8. The van der Waals surface area contributed by atoms with Gasteiger partial charge in [-0.2, -0.15) is 54.5 Å². The molecule has 3 radical (unpaired) electrons. The quantitative estimate of drug-likeness (QED) is 0.00580. The highest BCUT2D eigenvalue weighted by atomic mass is 32.3. The number of hydrogen-bond donors (Lipinski definition) is 4. The van der Waals surface area contributed by atoms with Gasteiger partial charge in [0.2, 0.25) is 17.7 Å². The van der Waals surface area contributed by atoms with E-state index in [1.807, 2.05) is 66.7 Å². The van der Waals surface area contributed by atoms with Crippen molar-refractivity contribution in [1.29, 1.82) is 0 Å². The van der Waals surface area contributed by atoms with Gasteiger partial charge in [0.1, 0.15) is 50.7 Å². The molecule has 763 valence electrons. The molecule has 2 atom stereocenters. The molecule has 23 nitrogen and oxygen atoms in total. The summed E-state index contributed by atoms with van der Waals surface area (Å²) in [5, 5.41) is 32.3. The Morgan fingerprint density at radius 3 is 1.15 bits per heavy atom. The van der Waals surface area contributed by atoms with Crippen LogP contribution in [0, 0.1) is 3.91 Å². The van der Waals surface area contributed by atoms with Crippen LogP contribution in [0.4, 0.5) is 51.4 Å². The second-order valence-electron chi connectivity index (χ2n) is 33.2. The Bertz CT molecular complexity index is 6330. The van der Waals surface area contributed by atoms with Gasteiger partial charge in [-0.15, -0.1) is 12.1 Å². The number of amidine groups is 1. The fraction of sp³-hybridized carbons (Fsp3) is 0.274. The first-order valence-electron chi connectivity index (χ1n) is 45.0. The smallest absolute Gasteiger partial charge is 0.470 e. The summed E-state index contributed by atoms with van der Waals surface area (Å²) >= 11 is 1.81. The molecule has 3 heterocycles. The van der Waals surface area contributed by atoms with Gasteiger partial charge >= 0.3 is 16.5 Å². The third kappa shape index (κ3) is 30.7. The van der Waals surface area contributed by atoms with Crippen molar-refractivity contribution in [3.05, 3.63) is 365 Å². The van der Waals surface area contributed by atoms with Crippen LogP contribution in [-0.4, -0.2) is 191 Å². The highest BCUT2D eigenvalue weighted by Crippen LogP contribution is 2.49. The molecule has 2 aliphatic rings. The van der Waals surface area contributed by atoms with Crippen LogP contribution in [-0.2, 0) is 86.2 Å². The van der Waals surface area contributed by atoms with Crippen molar-refractivity contribution in [2.24, 2.45) is 0 Å². The molecule has 38 heteroatoms. The van der Waals surface area contributed by atoms with Crippen LogP contribution < -0.4 is 20.6 Å². The summed E-state index contributed by atoms with van der Waals surface area (Å²) in [6.45, 7) is 12.6. The molecule has 0 spiro atoms. The lowest BCUT2D eigenvalue weighted by molar-refractivity contribution is -0.539. The van der Waals surface area contributed by atoms with Crippen LogP contribution in [0.1, 0.15) is 98.3 Å². The lowest BCUT2D eigenvalue weighted by Crippen LogP contribution is -2.47. The summed E-state index contributed by atoms with van der Waals surface area (Å²) in [7, 11) is -9.45. The number of sulfone groups is 3. The monoisotopic (exact) mass is 2080 g/mol. The van der Waals surface area contributed by atoms with Crippen molar-refractivity contribution < 1.29 is 113 Å². The molecule has 2 aliphatic heterocycles. The number of phenols is 3. The van der Waals surface area contributed by atoms with Crippen LogP contribution in [0.25, 0.3) is 22.3 Å². The Hall–Kier alpha value is -12.2. The molecule has 0 bridgehead atoms. The predicted molar refractivity (Wildman–Crippen MR) is 543 cm³/mol. The molecule has 2 unspecified atom stereocenters. The number of hydrogen-bond acceptors (Lipinski definition) is 23. The van der Waals surface area contributed by atoms with Crippen molar-refractivity contribution in [2.45, 2.75) is 117 Å². The zero-order valence-corrected chi connectivity index (χ0v) is 84.6. The van der Waals surface area contributed by atoms with E-state index in [1.54, 1.807) is 106 Å². The number of methoxy groups -OCH3 is 6. The Morgan fingerprint density at radius 2 is 0.764 bits per heavy atom. The summed E-state index contributed by atoms with van der Waals surface area (Å²) in [5.74, 6) is 3.42. The van der Waals surface area contributed by atoms with Crippen LogP contribution in [0.5, 0.6) is 17.2 Å². The number of aromatic hydroxyl groups is 3. The number of benzene rings is 12. The zero-order chi connectivity index (χ0) is 104. The molecule has 0 amide bonds. The van der Waals surface area contributed by atoms with E-state index in [9.17, 15) is 80.1 Å². The largest absolute Gasteiger partial charge is 0.580 e. The van der Waals surface area contributed by atoms with Gasteiger partial charge < -0.3 is 57.0 Å². The Labute approximate surface area is 843 Å².